The topological polar surface area (TPSA) is 82.3 Å². The third-order valence-corrected chi connectivity index (χ3v) is 5.05. The summed E-state index contributed by atoms with van der Waals surface area (Å²) in [6.07, 6.45) is 3.89. The number of nitrogens with one attached hydrogen (secondary N) is 2. The Hall–Kier alpha value is -2.22. The van der Waals surface area contributed by atoms with Gasteiger partial charge in [0.25, 0.3) is 0 Å². The number of rotatable bonds is 8. The molecule has 8 nitrogen and oxygen atoms in total. The average Bonchev–Trinajstić information content (AvgIpc) is 3.37. The number of carbonyl (C=O) groups is 1. The lowest BCUT2D eigenvalue weighted by Gasteiger charge is -2.28. The largest absolute Gasteiger partial charge is 0.468 e. The lowest BCUT2D eigenvalue weighted by Crippen LogP contribution is -2.45. The maximum atomic E-state index is 12.1. The van der Waals surface area contributed by atoms with Gasteiger partial charge in [-0.1, -0.05) is 6.92 Å². The summed E-state index contributed by atoms with van der Waals surface area (Å²) in [6.45, 7) is 11.9. The number of carbonyl (C=O) groups excluding carboxylic acids is 1. The van der Waals surface area contributed by atoms with Crippen LogP contribution >= 0.6 is 0 Å². The molecule has 0 aliphatic carbocycles. The average molecular weight is 422 g/mol. The highest BCUT2D eigenvalue weighted by atomic mass is 16.6. The molecule has 2 N–H and O–H groups in total. The van der Waals surface area contributed by atoms with Crippen molar-refractivity contribution in [2.45, 2.75) is 52.2 Å². The monoisotopic (exact) mass is 421 g/mol. The van der Waals surface area contributed by atoms with Crippen molar-refractivity contribution >= 4 is 12.1 Å². The van der Waals surface area contributed by atoms with Crippen LogP contribution in [-0.2, 0) is 4.74 Å². The van der Waals surface area contributed by atoms with E-state index in [0.717, 1.165) is 31.4 Å². The van der Waals surface area contributed by atoms with Crippen LogP contribution < -0.4 is 10.6 Å². The van der Waals surface area contributed by atoms with E-state index in [1.165, 1.54) is 12.8 Å². The highest BCUT2D eigenvalue weighted by Crippen LogP contribution is 2.24. The molecule has 1 aromatic rings. The van der Waals surface area contributed by atoms with Crippen LogP contribution in [0.5, 0.6) is 0 Å². The van der Waals surface area contributed by atoms with Crippen LogP contribution in [0.4, 0.5) is 4.79 Å². The lowest BCUT2D eigenvalue weighted by molar-refractivity contribution is 0.0278. The zero-order valence-electron chi connectivity index (χ0n) is 19.4. The summed E-state index contributed by atoms with van der Waals surface area (Å²) in [5.74, 6) is 1.96. The third kappa shape index (κ3) is 7.89. The molecule has 0 bridgehead atoms. The molecule has 1 amide bonds. The Morgan fingerprint density at radius 2 is 1.97 bits per heavy atom. The van der Waals surface area contributed by atoms with E-state index < -0.39 is 5.60 Å². The van der Waals surface area contributed by atoms with Crippen molar-refractivity contribution in [3.8, 4) is 0 Å². The van der Waals surface area contributed by atoms with Crippen LogP contribution in [0, 0.1) is 5.92 Å². The maximum absolute atomic E-state index is 12.1. The molecule has 1 saturated heterocycles. The molecule has 2 unspecified atom stereocenters. The van der Waals surface area contributed by atoms with Crippen molar-refractivity contribution < 1.29 is 13.9 Å². The van der Waals surface area contributed by atoms with Crippen LogP contribution in [0.15, 0.2) is 27.8 Å². The van der Waals surface area contributed by atoms with Gasteiger partial charge in [-0.3, -0.25) is 9.89 Å². The number of amides is 1. The number of ether oxygens (including phenoxy) is 1. The van der Waals surface area contributed by atoms with Crippen LogP contribution in [0.3, 0.4) is 0 Å². The minimum Gasteiger partial charge on any atom is -0.468 e. The number of hydrogen-bond donors (Lipinski definition) is 2. The summed E-state index contributed by atoms with van der Waals surface area (Å²) in [4.78, 5) is 20.6. The molecular formula is C22H39N5O3. The Labute approximate surface area is 181 Å². The van der Waals surface area contributed by atoms with Crippen molar-refractivity contribution in [1.82, 2.24) is 20.4 Å². The van der Waals surface area contributed by atoms with E-state index in [4.69, 9.17) is 9.15 Å². The highest BCUT2D eigenvalue weighted by molar-refractivity contribution is 5.79. The minimum absolute atomic E-state index is 0.191. The van der Waals surface area contributed by atoms with Crippen LogP contribution in [0.2, 0.25) is 0 Å². The molecular weight excluding hydrogens is 382 g/mol. The van der Waals surface area contributed by atoms with Crippen molar-refractivity contribution in [3.63, 3.8) is 0 Å². The van der Waals surface area contributed by atoms with E-state index in [9.17, 15) is 4.79 Å². The fraction of sp³-hybridized carbons (Fsp3) is 0.727. The molecule has 1 aliphatic heterocycles. The summed E-state index contributed by atoms with van der Waals surface area (Å²) < 4.78 is 11.1. The van der Waals surface area contributed by atoms with Crippen molar-refractivity contribution in [1.29, 1.82) is 0 Å². The molecule has 30 heavy (non-hydrogen) atoms. The van der Waals surface area contributed by atoms with Gasteiger partial charge < -0.3 is 24.7 Å². The first-order chi connectivity index (χ1) is 14.2. The fourth-order valence-corrected chi connectivity index (χ4v) is 3.58. The summed E-state index contributed by atoms with van der Waals surface area (Å²) in [5, 5.41) is 6.79. The number of aliphatic imine (C=N–C) groups is 1. The zero-order chi connectivity index (χ0) is 22.1. The number of furan rings is 1. The van der Waals surface area contributed by atoms with E-state index in [1.54, 1.807) is 25.3 Å². The third-order valence-electron chi connectivity index (χ3n) is 5.05. The predicted molar refractivity (Wildman–Crippen MR) is 120 cm³/mol. The first kappa shape index (κ1) is 24.1. The molecule has 170 valence electrons. The van der Waals surface area contributed by atoms with Gasteiger partial charge in [0.2, 0.25) is 0 Å². The molecule has 0 aromatic carbocycles. The van der Waals surface area contributed by atoms with Crippen LogP contribution in [-0.4, -0.2) is 74.3 Å². The second-order valence-electron chi connectivity index (χ2n) is 9.07. The Morgan fingerprint density at radius 1 is 1.30 bits per heavy atom. The van der Waals surface area contributed by atoms with Gasteiger partial charge in [0, 0.05) is 33.7 Å². The molecule has 2 rings (SSSR count). The second-order valence-corrected chi connectivity index (χ2v) is 9.07. The summed E-state index contributed by atoms with van der Waals surface area (Å²) >= 11 is 0. The minimum atomic E-state index is -0.487. The summed E-state index contributed by atoms with van der Waals surface area (Å²) in [5.41, 5.74) is -0.487. The number of nitrogens with zero attached hydrogens (tertiary/aromatic N) is 3. The van der Waals surface area contributed by atoms with Crippen molar-refractivity contribution in [2.24, 2.45) is 10.9 Å². The van der Waals surface area contributed by atoms with E-state index in [-0.39, 0.29) is 18.1 Å². The van der Waals surface area contributed by atoms with E-state index in [0.29, 0.717) is 13.1 Å². The Balaban J connectivity index is 1.80. The second kappa shape index (κ2) is 11.2. The molecule has 0 spiro atoms. The van der Waals surface area contributed by atoms with E-state index >= 15 is 0 Å². The van der Waals surface area contributed by atoms with Gasteiger partial charge in [0.05, 0.1) is 12.3 Å². The molecule has 0 radical (unpaired) electrons. The smallest absolute Gasteiger partial charge is 0.410 e. The maximum Gasteiger partial charge on any atom is 0.410 e. The van der Waals surface area contributed by atoms with Gasteiger partial charge in [0.15, 0.2) is 5.96 Å². The quantitative estimate of drug-likeness (QED) is 0.496. The van der Waals surface area contributed by atoms with Crippen LogP contribution in [0.1, 0.15) is 52.3 Å². The highest BCUT2D eigenvalue weighted by Gasteiger charge is 2.26. The van der Waals surface area contributed by atoms with Gasteiger partial charge >= 0.3 is 6.09 Å². The standard InChI is InChI=1S/C22H39N5O3/c1-17(16-26(6)21(28)30-22(2,3)4)14-24-20(23-5)25-15-18(19-10-9-13-29-19)27-11-7-8-12-27/h9-10,13,17-18H,7-8,11-12,14-16H2,1-6H3,(H2,23,24,25). The number of guanidine groups is 1. The number of hydrogen-bond acceptors (Lipinski definition) is 5. The van der Waals surface area contributed by atoms with Gasteiger partial charge in [-0.25, -0.2) is 4.79 Å². The van der Waals surface area contributed by atoms with E-state index in [2.05, 4.69) is 27.4 Å². The predicted octanol–water partition coefficient (Wildman–Crippen LogP) is 3.08. The molecule has 2 heterocycles. The molecule has 1 aromatic heterocycles. The Morgan fingerprint density at radius 3 is 2.53 bits per heavy atom. The Kier molecular flexibility index (Phi) is 9.02. The summed E-state index contributed by atoms with van der Waals surface area (Å²) in [7, 11) is 3.53. The van der Waals surface area contributed by atoms with Gasteiger partial charge in [-0.2, -0.15) is 0 Å². The van der Waals surface area contributed by atoms with Crippen molar-refractivity contribution in [3.05, 3.63) is 24.2 Å². The van der Waals surface area contributed by atoms with Gasteiger partial charge in [-0.15, -0.1) is 0 Å². The van der Waals surface area contributed by atoms with Gasteiger partial charge in [0.1, 0.15) is 11.4 Å². The number of likely N-dealkylation sites (tertiary alicyclic amines) is 1. The molecule has 8 heteroatoms. The van der Waals surface area contributed by atoms with Crippen molar-refractivity contribution in [2.75, 3.05) is 46.8 Å². The first-order valence-electron chi connectivity index (χ1n) is 10.9. The normalized spacial score (nSPS) is 17.5. The van der Waals surface area contributed by atoms with Gasteiger partial charge in [-0.05, 0) is 64.8 Å². The van der Waals surface area contributed by atoms with E-state index in [1.807, 2.05) is 32.9 Å². The Bertz CT molecular complexity index is 663. The lowest BCUT2D eigenvalue weighted by atomic mass is 10.1. The molecule has 1 fully saturated rings. The summed E-state index contributed by atoms with van der Waals surface area (Å²) in [6, 6.07) is 4.17. The first-order valence-corrected chi connectivity index (χ1v) is 10.9. The SMILES string of the molecule is CN=C(NCC(C)CN(C)C(=O)OC(C)(C)C)NCC(c1ccco1)N1CCCC1. The van der Waals surface area contributed by atoms with Crippen LogP contribution in [0.25, 0.3) is 0 Å². The fourth-order valence-electron chi connectivity index (χ4n) is 3.58. The molecule has 0 saturated carbocycles. The molecule has 2 atom stereocenters. The zero-order valence-corrected chi connectivity index (χ0v) is 19.4. The molecule has 1 aliphatic rings.